The third-order valence-corrected chi connectivity index (χ3v) is 6.01. The van der Waals surface area contributed by atoms with Crippen LogP contribution in [-0.2, 0) is 4.74 Å². The van der Waals surface area contributed by atoms with Gasteiger partial charge in [-0.2, -0.15) is 0 Å². The Morgan fingerprint density at radius 1 is 1.07 bits per heavy atom. The lowest BCUT2D eigenvalue weighted by molar-refractivity contribution is 0.0613. The lowest BCUT2D eigenvalue weighted by Gasteiger charge is -2.33. The van der Waals surface area contributed by atoms with Crippen molar-refractivity contribution in [1.29, 1.82) is 0 Å². The first-order valence-corrected chi connectivity index (χ1v) is 10.5. The van der Waals surface area contributed by atoms with E-state index in [0.29, 0.717) is 6.10 Å². The van der Waals surface area contributed by atoms with Crippen molar-refractivity contribution in [1.82, 2.24) is 10.2 Å². The third-order valence-electron chi connectivity index (χ3n) is 6.01. The number of piperidine rings is 1. The molecular weight excluding hydrogens is 348 g/mol. The molecule has 2 fully saturated rings. The van der Waals surface area contributed by atoms with Gasteiger partial charge in [0.15, 0.2) is 0 Å². The van der Waals surface area contributed by atoms with Crippen LogP contribution >= 0.6 is 0 Å². The molecular formula is C24H30N2O2. The summed E-state index contributed by atoms with van der Waals surface area (Å²) in [6.45, 7) is 6.15. The van der Waals surface area contributed by atoms with Crippen LogP contribution in [0.5, 0.6) is 0 Å². The largest absolute Gasteiger partial charge is 0.377 e. The van der Waals surface area contributed by atoms with E-state index in [1.165, 1.54) is 24.0 Å². The Labute approximate surface area is 167 Å². The molecule has 4 nitrogen and oxygen atoms in total. The van der Waals surface area contributed by atoms with Crippen molar-refractivity contribution in [2.24, 2.45) is 0 Å². The van der Waals surface area contributed by atoms with Gasteiger partial charge in [-0.05, 0) is 61.4 Å². The van der Waals surface area contributed by atoms with Gasteiger partial charge in [-0.1, -0.05) is 36.4 Å². The number of likely N-dealkylation sites (tertiary alicyclic amines) is 1. The number of hydrogen-bond donors (Lipinski definition) is 1. The molecule has 148 valence electrons. The van der Waals surface area contributed by atoms with E-state index >= 15 is 0 Å². The highest BCUT2D eigenvalue weighted by molar-refractivity contribution is 5.94. The fourth-order valence-corrected chi connectivity index (χ4v) is 4.30. The minimum atomic E-state index is 0.0360. The van der Waals surface area contributed by atoms with Crippen molar-refractivity contribution in [3.8, 4) is 11.1 Å². The smallest absolute Gasteiger partial charge is 0.251 e. The summed E-state index contributed by atoms with van der Waals surface area (Å²) < 4.78 is 5.74. The first kappa shape index (κ1) is 19.2. The Morgan fingerprint density at radius 3 is 2.50 bits per heavy atom. The van der Waals surface area contributed by atoms with Crippen LogP contribution in [0.4, 0.5) is 0 Å². The summed E-state index contributed by atoms with van der Waals surface area (Å²) >= 11 is 0. The summed E-state index contributed by atoms with van der Waals surface area (Å²) in [4.78, 5) is 15.1. The van der Waals surface area contributed by atoms with Gasteiger partial charge in [0.25, 0.3) is 5.91 Å². The molecule has 2 heterocycles. The molecule has 2 aromatic carbocycles. The first-order chi connectivity index (χ1) is 13.7. The molecule has 2 aliphatic rings. The summed E-state index contributed by atoms with van der Waals surface area (Å²) in [5.41, 5.74) is 4.35. The van der Waals surface area contributed by atoms with Gasteiger partial charge in [0.1, 0.15) is 0 Å². The Morgan fingerprint density at radius 2 is 1.82 bits per heavy atom. The summed E-state index contributed by atoms with van der Waals surface area (Å²) in [5, 5.41) is 3.22. The highest BCUT2D eigenvalue weighted by Crippen LogP contribution is 2.23. The fraction of sp³-hybridized carbons (Fsp3) is 0.458. The number of amides is 1. The van der Waals surface area contributed by atoms with E-state index in [2.05, 4.69) is 29.3 Å². The molecule has 1 amide bonds. The zero-order chi connectivity index (χ0) is 19.3. The molecule has 2 saturated heterocycles. The van der Waals surface area contributed by atoms with E-state index in [-0.39, 0.29) is 11.9 Å². The standard InChI is InChI=1S/C24H30N2O2/c1-18-5-2-3-7-23(18)19-8-10-20(11-9-19)24(27)25-21-12-14-26(15-13-21)17-22-6-4-16-28-22/h2-3,5,7-11,21-22H,4,6,12-17H2,1H3,(H,25,27)/t22-/m0/s1. The van der Waals surface area contributed by atoms with Gasteiger partial charge in [0.2, 0.25) is 0 Å². The second kappa shape index (κ2) is 8.89. The second-order valence-electron chi connectivity index (χ2n) is 8.08. The monoisotopic (exact) mass is 378 g/mol. The van der Waals surface area contributed by atoms with Crippen molar-refractivity contribution in [3.05, 3.63) is 59.7 Å². The van der Waals surface area contributed by atoms with E-state index in [0.717, 1.165) is 50.2 Å². The molecule has 1 N–H and O–H groups in total. The highest BCUT2D eigenvalue weighted by Gasteiger charge is 2.24. The second-order valence-corrected chi connectivity index (χ2v) is 8.08. The number of carbonyl (C=O) groups is 1. The van der Waals surface area contributed by atoms with Crippen LogP contribution in [0, 0.1) is 6.92 Å². The predicted octanol–water partition coefficient (Wildman–Crippen LogP) is 4.04. The van der Waals surface area contributed by atoms with Crippen LogP contribution in [0.3, 0.4) is 0 Å². The normalized spacial score (nSPS) is 21.0. The third kappa shape index (κ3) is 4.62. The van der Waals surface area contributed by atoms with Crippen LogP contribution in [0.25, 0.3) is 11.1 Å². The zero-order valence-electron chi connectivity index (χ0n) is 16.7. The predicted molar refractivity (Wildman–Crippen MR) is 113 cm³/mol. The first-order valence-electron chi connectivity index (χ1n) is 10.5. The molecule has 0 saturated carbocycles. The van der Waals surface area contributed by atoms with Crippen molar-refractivity contribution in [2.45, 2.75) is 44.8 Å². The van der Waals surface area contributed by atoms with Gasteiger partial charge < -0.3 is 15.0 Å². The summed E-state index contributed by atoms with van der Waals surface area (Å²) in [6, 6.07) is 16.6. The maximum atomic E-state index is 12.6. The van der Waals surface area contributed by atoms with Crippen LogP contribution in [0.1, 0.15) is 41.6 Å². The SMILES string of the molecule is Cc1ccccc1-c1ccc(C(=O)NC2CCN(C[C@@H]3CCCO3)CC2)cc1. The number of aryl methyl sites for hydroxylation is 1. The Kier molecular flexibility index (Phi) is 6.08. The van der Waals surface area contributed by atoms with E-state index in [1.54, 1.807) is 0 Å². The van der Waals surface area contributed by atoms with Crippen LogP contribution in [0.2, 0.25) is 0 Å². The minimum Gasteiger partial charge on any atom is -0.377 e. The molecule has 0 bridgehead atoms. The molecule has 0 spiro atoms. The van der Waals surface area contributed by atoms with Crippen LogP contribution in [0.15, 0.2) is 48.5 Å². The molecule has 28 heavy (non-hydrogen) atoms. The van der Waals surface area contributed by atoms with Gasteiger partial charge in [-0.3, -0.25) is 4.79 Å². The van der Waals surface area contributed by atoms with Gasteiger partial charge in [-0.25, -0.2) is 0 Å². The van der Waals surface area contributed by atoms with E-state index in [4.69, 9.17) is 4.74 Å². The number of hydrogen-bond acceptors (Lipinski definition) is 3. The number of carbonyl (C=O) groups excluding carboxylic acids is 1. The van der Waals surface area contributed by atoms with Crippen LogP contribution in [-0.4, -0.2) is 49.2 Å². The summed E-state index contributed by atoms with van der Waals surface area (Å²) in [6.07, 6.45) is 4.83. The summed E-state index contributed by atoms with van der Waals surface area (Å²) in [7, 11) is 0. The number of rotatable bonds is 5. The summed E-state index contributed by atoms with van der Waals surface area (Å²) in [5.74, 6) is 0.0360. The van der Waals surface area contributed by atoms with Crippen molar-refractivity contribution in [3.63, 3.8) is 0 Å². The maximum Gasteiger partial charge on any atom is 0.251 e. The Balaban J connectivity index is 1.29. The molecule has 1 atom stereocenters. The average Bonchev–Trinajstić information content (AvgIpc) is 3.23. The highest BCUT2D eigenvalue weighted by atomic mass is 16.5. The van der Waals surface area contributed by atoms with Gasteiger partial charge in [-0.15, -0.1) is 0 Å². The average molecular weight is 379 g/mol. The van der Waals surface area contributed by atoms with Gasteiger partial charge >= 0.3 is 0 Å². The van der Waals surface area contributed by atoms with Crippen molar-refractivity contribution < 1.29 is 9.53 Å². The molecule has 0 radical (unpaired) electrons. The van der Waals surface area contributed by atoms with Gasteiger partial charge in [0.05, 0.1) is 6.10 Å². The molecule has 2 aromatic rings. The van der Waals surface area contributed by atoms with Gasteiger partial charge in [0, 0.05) is 37.8 Å². The molecule has 4 rings (SSSR count). The van der Waals surface area contributed by atoms with Crippen molar-refractivity contribution in [2.75, 3.05) is 26.2 Å². The quantitative estimate of drug-likeness (QED) is 0.854. The number of nitrogens with one attached hydrogen (secondary N) is 1. The van der Waals surface area contributed by atoms with E-state index in [1.807, 2.05) is 36.4 Å². The fourth-order valence-electron chi connectivity index (χ4n) is 4.30. The molecule has 2 aliphatic heterocycles. The number of benzene rings is 2. The lowest BCUT2D eigenvalue weighted by atomic mass is 9.99. The minimum absolute atomic E-state index is 0.0360. The van der Waals surface area contributed by atoms with E-state index in [9.17, 15) is 4.79 Å². The van der Waals surface area contributed by atoms with Crippen molar-refractivity contribution >= 4 is 5.91 Å². The lowest BCUT2D eigenvalue weighted by Crippen LogP contribution is -2.46. The number of ether oxygens (including phenoxy) is 1. The zero-order valence-corrected chi connectivity index (χ0v) is 16.7. The van der Waals surface area contributed by atoms with E-state index < -0.39 is 0 Å². The molecule has 0 aliphatic carbocycles. The Hall–Kier alpha value is -2.17. The topological polar surface area (TPSA) is 41.6 Å². The molecule has 0 unspecified atom stereocenters. The molecule has 4 heteroatoms. The maximum absolute atomic E-state index is 12.6. The Bertz CT molecular complexity index is 789. The number of nitrogens with zero attached hydrogens (tertiary/aromatic N) is 1. The molecule has 0 aromatic heterocycles. The van der Waals surface area contributed by atoms with Crippen LogP contribution < -0.4 is 5.32 Å².